The van der Waals surface area contributed by atoms with E-state index in [-0.39, 0.29) is 0 Å². The second-order valence-corrected chi connectivity index (χ2v) is 5.89. The maximum absolute atomic E-state index is 6.25. The van der Waals surface area contributed by atoms with Crippen molar-refractivity contribution in [3.63, 3.8) is 0 Å². The van der Waals surface area contributed by atoms with Gasteiger partial charge in [0, 0.05) is 45.0 Å². The number of rotatable bonds is 2. The van der Waals surface area contributed by atoms with Crippen LogP contribution in [0.3, 0.4) is 0 Å². The lowest BCUT2D eigenvalue weighted by Gasteiger charge is -2.27. The third-order valence-corrected chi connectivity index (χ3v) is 4.37. The number of piperazine rings is 1. The first-order chi connectivity index (χ1) is 8.74. The highest BCUT2D eigenvalue weighted by molar-refractivity contribution is 6.28. The van der Waals surface area contributed by atoms with Crippen LogP contribution in [0, 0.1) is 5.92 Å². The molecule has 1 atom stereocenters. The predicted molar refractivity (Wildman–Crippen MR) is 72.9 cm³/mol. The molecule has 2 aliphatic rings. The summed E-state index contributed by atoms with van der Waals surface area (Å²) in [5, 5.41) is 4.06. The fraction of sp³-hybridized carbons (Fsp3) is 0.769. The largest absolute Gasteiger partial charge is 0.319 e. The smallest absolute Gasteiger partial charge is 0.203 e. The molecule has 0 aromatic carbocycles. The molecule has 0 saturated carbocycles. The van der Waals surface area contributed by atoms with Crippen LogP contribution in [0.4, 0.5) is 0 Å². The number of nitrogens with zero attached hydrogens (tertiary/aromatic N) is 3. The average Bonchev–Trinajstić information content (AvgIpc) is 2.67. The van der Waals surface area contributed by atoms with E-state index in [1.165, 1.54) is 17.8 Å². The van der Waals surface area contributed by atoms with E-state index in [1.807, 2.05) is 0 Å². The van der Waals surface area contributed by atoms with Gasteiger partial charge in [0.15, 0.2) is 0 Å². The van der Waals surface area contributed by atoms with Crippen LogP contribution in [0.2, 0.25) is 5.28 Å². The van der Waals surface area contributed by atoms with Gasteiger partial charge in [0.25, 0.3) is 0 Å². The van der Waals surface area contributed by atoms with Crippen molar-refractivity contribution in [2.75, 3.05) is 26.2 Å². The van der Waals surface area contributed by atoms with E-state index in [0.29, 0.717) is 5.28 Å². The van der Waals surface area contributed by atoms with Crippen LogP contribution in [0.5, 0.6) is 0 Å². The highest BCUT2D eigenvalue weighted by atomic mass is 35.5. The van der Waals surface area contributed by atoms with E-state index in [4.69, 9.17) is 11.6 Å². The molecule has 1 aromatic rings. The molecule has 0 amide bonds. The number of nitrogens with one attached hydrogen (secondary N) is 1. The molecule has 1 saturated heterocycles. The van der Waals surface area contributed by atoms with Crippen LogP contribution in [0.15, 0.2) is 0 Å². The molecule has 0 radical (unpaired) electrons. The molecule has 100 valence electrons. The number of hydrogen-bond donors (Lipinski definition) is 1. The van der Waals surface area contributed by atoms with Crippen molar-refractivity contribution in [1.29, 1.82) is 0 Å². The summed E-state index contributed by atoms with van der Waals surface area (Å²) in [4.78, 5) is 7.05. The fourth-order valence-corrected chi connectivity index (χ4v) is 3.24. The van der Waals surface area contributed by atoms with Gasteiger partial charge in [-0.25, -0.2) is 4.98 Å². The van der Waals surface area contributed by atoms with Gasteiger partial charge in [-0.15, -0.1) is 0 Å². The Morgan fingerprint density at radius 2 is 2.11 bits per heavy atom. The molecule has 1 fully saturated rings. The molecule has 2 aliphatic heterocycles. The molecule has 1 N–H and O–H groups in total. The highest BCUT2D eigenvalue weighted by Crippen LogP contribution is 2.27. The van der Waals surface area contributed by atoms with Crippen LogP contribution >= 0.6 is 11.6 Å². The lowest BCUT2D eigenvalue weighted by molar-refractivity contribution is 0.229. The highest BCUT2D eigenvalue weighted by Gasteiger charge is 2.24. The molecule has 18 heavy (non-hydrogen) atoms. The Balaban J connectivity index is 1.79. The van der Waals surface area contributed by atoms with Gasteiger partial charge in [-0.2, -0.15) is 0 Å². The third kappa shape index (κ3) is 2.42. The lowest BCUT2D eigenvalue weighted by Crippen LogP contribution is -2.43. The van der Waals surface area contributed by atoms with Crippen molar-refractivity contribution in [2.45, 2.75) is 32.9 Å². The Hall–Kier alpha value is -0.580. The average molecular weight is 269 g/mol. The molecule has 1 unspecified atom stereocenters. The molecular weight excluding hydrogens is 248 g/mol. The molecule has 4 nitrogen and oxygen atoms in total. The summed E-state index contributed by atoms with van der Waals surface area (Å²) in [5.41, 5.74) is 2.57. The van der Waals surface area contributed by atoms with Gasteiger partial charge in [0.05, 0.1) is 5.69 Å². The number of halogens is 1. The topological polar surface area (TPSA) is 33.1 Å². The van der Waals surface area contributed by atoms with Crippen LogP contribution in [0.25, 0.3) is 0 Å². The van der Waals surface area contributed by atoms with E-state index >= 15 is 0 Å². The zero-order valence-corrected chi connectivity index (χ0v) is 11.7. The molecule has 3 rings (SSSR count). The minimum Gasteiger partial charge on any atom is -0.319 e. The monoisotopic (exact) mass is 268 g/mol. The van der Waals surface area contributed by atoms with Crippen LogP contribution in [0.1, 0.15) is 24.7 Å². The van der Waals surface area contributed by atoms with Gasteiger partial charge in [-0.3, -0.25) is 4.90 Å². The Kier molecular flexibility index (Phi) is 3.59. The molecule has 0 spiro atoms. The van der Waals surface area contributed by atoms with Gasteiger partial charge >= 0.3 is 0 Å². The van der Waals surface area contributed by atoms with Crippen LogP contribution in [-0.4, -0.2) is 40.6 Å². The third-order valence-electron chi connectivity index (χ3n) is 4.08. The predicted octanol–water partition coefficient (Wildman–Crippen LogP) is 1.52. The molecule has 5 heteroatoms. The Bertz CT molecular complexity index is 423. The van der Waals surface area contributed by atoms with E-state index in [1.54, 1.807) is 0 Å². The number of hydrogen-bond acceptors (Lipinski definition) is 3. The first-order valence-electron chi connectivity index (χ1n) is 6.91. The van der Waals surface area contributed by atoms with Gasteiger partial charge in [0.1, 0.15) is 0 Å². The Labute approximate surface area is 113 Å². The van der Waals surface area contributed by atoms with Crippen molar-refractivity contribution in [3.8, 4) is 0 Å². The van der Waals surface area contributed by atoms with E-state index in [2.05, 4.69) is 26.7 Å². The number of fused-ring (bicyclic) bond motifs is 1. The van der Waals surface area contributed by atoms with Gasteiger partial charge in [-0.05, 0) is 30.4 Å². The minimum atomic E-state index is 0.682. The normalized spacial score (nSPS) is 25.1. The number of imidazole rings is 1. The second kappa shape index (κ2) is 5.19. The maximum Gasteiger partial charge on any atom is 0.203 e. The molecule has 0 bridgehead atoms. The van der Waals surface area contributed by atoms with Crippen molar-refractivity contribution >= 4 is 11.6 Å². The summed E-state index contributed by atoms with van der Waals surface area (Å²) in [7, 11) is 0. The molecule has 3 heterocycles. The van der Waals surface area contributed by atoms with Crippen LogP contribution in [-0.2, 0) is 19.5 Å². The minimum absolute atomic E-state index is 0.682. The standard InChI is InChI=1S/C13H21ClN4/c1-10-2-5-18-12(8-10)11(16-13(18)14)9-17-6-3-15-4-7-17/h10,15H,2-9H2,1H3. The van der Waals surface area contributed by atoms with Crippen molar-refractivity contribution in [1.82, 2.24) is 19.8 Å². The Morgan fingerprint density at radius 3 is 2.89 bits per heavy atom. The zero-order chi connectivity index (χ0) is 12.5. The van der Waals surface area contributed by atoms with E-state index in [0.717, 1.165) is 51.6 Å². The van der Waals surface area contributed by atoms with Crippen molar-refractivity contribution in [2.24, 2.45) is 5.92 Å². The van der Waals surface area contributed by atoms with Crippen LogP contribution < -0.4 is 5.32 Å². The molecular formula is C13H21ClN4. The molecule has 1 aromatic heterocycles. The summed E-state index contributed by atoms with van der Waals surface area (Å²) in [6, 6.07) is 0. The summed E-state index contributed by atoms with van der Waals surface area (Å²) >= 11 is 6.25. The Morgan fingerprint density at radius 1 is 1.33 bits per heavy atom. The SMILES string of the molecule is CC1CCn2c(Cl)nc(CN3CCNCC3)c2C1. The summed E-state index contributed by atoms with van der Waals surface area (Å²) < 4.78 is 2.21. The second-order valence-electron chi connectivity index (χ2n) is 5.55. The lowest BCUT2D eigenvalue weighted by atomic mass is 9.97. The quantitative estimate of drug-likeness (QED) is 0.883. The van der Waals surface area contributed by atoms with Gasteiger partial charge in [-0.1, -0.05) is 6.92 Å². The van der Waals surface area contributed by atoms with Gasteiger partial charge in [0.2, 0.25) is 5.28 Å². The summed E-state index contributed by atoms with van der Waals surface area (Å²) in [6.07, 6.45) is 2.34. The van der Waals surface area contributed by atoms with Gasteiger partial charge < -0.3 is 9.88 Å². The van der Waals surface area contributed by atoms with Crippen molar-refractivity contribution in [3.05, 3.63) is 16.7 Å². The fourth-order valence-electron chi connectivity index (χ4n) is 2.95. The van der Waals surface area contributed by atoms with E-state index in [9.17, 15) is 0 Å². The summed E-state index contributed by atoms with van der Waals surface area (Å²) in [5.74, 6) is 0.757. The zero-order valence-electron chi connectivity index (χ0n) is 11.0. The van der Waals surface area contributed by atoms with Crippen molar-refractivity contribution < 1.29 is 0 Å². The molecule has 0 aliphatic carbocycles. The first-order valence-corrected chi connectivity index (χ1v) is 7.28. The summed E-state index contributed by atoms with van der Waals surface area (Å²) in [6.45, 7) is 8.69. The number of aromatic nitrogens is 2. The maximum atomic E-state index is 6.25. The van der Waals surface area contributed by atoms with E-state index < -0.39 is 0 Å². The first kappa shape index (κ1) is 12.5.